The van der Waals surface area contributed by atoms with Crippen LogP contribution in [0.15, 0.2) is 42.5 Å². The molecule has 2 N–H and O–H groups in total. The topological polar surface area (TPSA) is 79.1 Å². The van der Waals surface area contributed by atoms with E-state index in [0.29, 0.717) is 25.6 Å². The first kappa shape index (κ1) is 23.7. The molecule has 0 aromatic heterocycles. The van der Waals surface area contributed by atoms with Crippen LogP contribution in [0, 0.1) is 0 Å². The molecule has 7 nitrogen and oxygen atoms in total. The smallest absolute Gasteiger partial charge is 0.320 e. The van der Waals surface area contributed by atoms with E-state index in [-0.39, 0.29) is 11.9 Å². The number of esters is 1. The first-order chi connectivity index (χ1) is 16.0. The van der Waals surface area contributed by atoms with Crippen molar-refractivity contribution in [2.24, 2.45) is 5.73 Å². The Morgan fingerprint density at radius 2 is 1.70 bits per heavy atom. The number of carbonyl (C=O) groups is 2. The van der Waals surface area contributed by atoms with Gasteiger partial charge in [0.1, 0.15) is 0 Å². The summed E-state index contributed by atoms with van der Waals surface area (Å²) in [5.41, 5.74) is 7.51. The molecule has 0 unspecified atom stereocenters. The van der Waals surface area contributed by atoms with Crippen LogP contribution in [0.4, 0.5) is 0 Å². The van der Waals surface area contributed by atoms with E-state index in [0.717, 1.165) is 57.7 Å². The molecule has 0 radical (unpaired) electrons. The Hall–Kier alpha value is -2.48. The van der Waals surface area contributed by atoms with Crippen LogP contribution in [0.25, 0.3) is 10.8 Å². The number of piperidine rings is 1. The number of fused-ring (bicyclic) bond motifs is 1. The van der Waals surface area contributed by atoms with E-state index in [1.807, 2.05) is 30.0 Å². The van der Waals surface area contributed by atoms with Crippen LogP contribution in [-0.4, -0.2) is 91.1 Å². The minimum absolute atomic E-state index is 0.0561. The lowest BCUT2D eigenvalue weighted by atomic mass is 9.97. The Bertz CT molecular complexity index is 944. The summed E-state index contributed by atoms with van der Waals surface area (Å²) < 4.78 is 5.06. The molecule has 2 saturated heterocycles. The maximum atomic E-state index is 13.1. The number of benzene rings is 2. The van der Waals surface area contributed by atoms with Crippen molar-refractivity contribution in [3.63, 3.8) is 0 Å². The van der Waals surface area contributed by atoms with Gasteiger partial charge in [-0.3, -0.25) is 19.4 Å². The van der Waals surface area contributed by atoms with Crippen LogP contribution in [0.2, 0.25) is 0 Å². The molecule has 0 bridgehead atoms. The standard InChI is InChI=1S/C26H36N4O3/c1-2-33-25(31)19-28-14-16-29(17-15-28)22-10-12-30(13-11-22)26(32)24(27)18-21-8-5-7-20-6-3-4-9-23(20)21/h3-9,22,24H,2,10-19,27H2,1H3/t24-/m0/s1. The van der Waals surface area contributed by atoms with Crippen LogP contribution < -0.4 is 5.73 Å². The van der Waals surface area contributed by atoms with Crippen LogP contribution in [-0.2, 0) is 20.7 Å². The Labute approximate surface area is 196 Å². The fourth-order valence-electron chi connectivity index (χ4n) is 5.16. The van der Waals surface area contributed by atoms with Crippen molar-refractivity contribution >= 4 is 22.6 Å². The zero-order valence-electron chi connectivity index (χ0n) is 19.6. The van der Waals surface area contributed by atoms with E-state index in [9.17, 15) is 9.59 Å². The number of piperazine rings is 1. The number of nitrogens with zero attached hydrogens (tertiary/aromatic N) is 3. The second-order valence-corrected chi connectivity index (χ2v) is 9.12. The van der Waals surface area contributed by atoms with E-state index in [2.05, 4.69) is 34.1 Å². The predicted octanol–water partition coefficient (Wildman–Crippen LogP) is 1.88. The zero-order valence-corrected chi connectivity index (χ0v) is 19.6. The minimum Gasteiger partial charge on any atom is -0.465 e. The molecule has 1 atom stereocenters. The van der Waals surface area contributed by atoms with Crippen molar-refractivity contribution < 1.29 is 14.3 Å². The highest BCUT2D eigenvalue weighted by atomic mass is 16.5. The Balaban J connectivity index is 1.24. The maximum Gasteiger partial charge on any atom is 0.320 e. The number of ether oxygens (including phenoxy) is 1. The molecular formula is C26H36N4O3. The van der Waals surface area contributed by atoms with Gasteiger partial charge in [-0.15, -0.1) is 0 Å². The summed E-state index contributed by atoms with van der Waals surface area (Å²) in [6.07, 6.45) is 2.51. The fourth-order valence-corrected chi connectivity index (χ4v) is 5.16. The molecule has 2 aromatic carbocycles. The lowest BCUT2D eigenvalue weighted by Crippen LogP contribution is -2.55. The number of likely N-dealkylation sites (tertiary alicyclic amines) is 1. The Morgan fingerprint density at radius 3 is 2.42 bits per heavy atom. The number of rotatable bonds is 7. The molecule has 2 fully saturated rings. The molecule has 1 amide bonds. The quantitative estimate of drug-likeness (QED) is 0.647. The fraction of sp³-hybridized carbons (Fsp3) is 0.538. The predicted molar refractivity (Wildman–Crippen MR) is 130 cm³/mol. The summed E-state index contributed by atoms with van der Waals surface area (Å²) in [6.45, 7) is 7.85. The van der Waals surface area contributed by atoms with Crippen LogP contribution >= 0.6 is 0 Å². The van der Waals surface area contributed by atoms with Gasteiger partial charge in [-0.25, -0.2) is 0 Å². The zero-order chi connectivity index (χ0) is 23.2. The summed E-state index contributed by atoms with van der Waals surface area (Å²) >= 11 is 0. The van der Waals surface area contributed by atoms with Gasteiger partial charge in [0.25, 0.3) is 0 Å². The molecule has 2 aliphatic rings. The van der Waals surface area contributed by atoms with Crippen molar-refractivity contribution in [3.05, 3.63) is 48.0 Å². The third kappa shape index (κ3) is 5.91. The Morgan fingerprint density at radius 1 is 1.00 bits per heavy atom. The van der Waals surface area contributed by atoms with Crippen LogP contribution in [0.5, 0.6) is 0 Å². The highest BCUT2D eigenvalue weighted by Gasteiger charge is 2.31. The van der Waals surface area contributed by atoms with Gasteiger partial charge in [-0.05, 0) is 42.5 Å². The third-order valence-electron chi connectivity index (χ3n) is 6.99. The lowest BCUT2D eigenvalue weighted by Gasteiger charge is -2.43. The number of hydrogen-bond acceptors (Lipinski definition) is 6. The van der Waals surface area contributed by atoms with Gasteiger partial charge in [0, 0.05) is 45.3 Å². The molecule has 7 heteroatoms. The van der Waals surface area contributed by atoms with Gasteiger partial charge >= 0.3 is 5.97 Å². The molecule has 2 heterocycles. The summed E-state index contributed by atoms with van der Waals surface area (Å²) in [5.74, 6) is -0.0850. The molecule has 0 spiro atoms. The highest BCUT2D eigenvalue weighted by Crippen LogP contribution is 2.22. The van der Waals surface area contributed by atoms with Crippen molar-refractivity contribution in [2.75, 3.05) is 52.4 Å². The summed E-state index contributed by atoms with van der Waals surface area (Å²) in [6, 6.07) is 14.4. The van der Waals surface area contributed by atoms with Gasteiger partial charge in [0.05, 0.1) is 19.2 Å². The van der Waals surface area contributed by atoms with Gasteiger partial charge in [0.15, 0.2) is 0 Å². The van der Waals surface area contributed by atoms with Crippen LogP contribution in [0.3, 0.4) is 0 Å². The third-order valence-corrected chi connectivity index (χ3v) is 6.99. The number of amides is 1. The Kier molecular flexibility index (Phi) is 7.96. The summed E-state index contributed by atoms with van der Waals surface area (Å²) in [5, 5.41) is 2.35. The van der Waals surface area contributed by atoms with Crippen LogP contribution in [0.1, 0.15) is 25.3 Å². The normalized spacial score (nSPS) is 19.5. The second-order valence-electron chi connectivity index (χ2n) is 9.12. The van der Waals surface area contributed by atoms with E-state index in [4.69, 9.17) is 10.5 Å². The number of nitrogens with two attached hydrogens (primary N) is 1. The largest absolute Gasteiger partial charge is 0.465 e. The molecule has 4 rings (SSSR count). The van der Waals surface area contributed by atoms with Gasteiger partial charge in [-0.1, -0.05) is 42.5 Å². The summed E-state index contributed by atoms with van der Waals surface area (Å²) in [7, 11) is 0. The average Bonchev–Trinajstić information content (AvgIpc) is 2.84. The van der Waals surface area contributed by atoms with Crippen molar-refractivity contribution in [2.45, 2.75) is 38.3 Å². The van der Waals surface area contributed by atoms with E-state index < -0.39 is 6.04 Å². The molecule has 0 aliphatic carbocycles. The minimum atomic E-state index is -0.515. The SMILES string of the molecule is CCOC(=O)CN1CCN(C2CCN(C(=O)[C@@H](N)Cc3cccc4ccccc34)CC2)CC1. The highest BCUT2D eigenvalue weighted by molar-refractivity contribution is 5.87. The molecule has 0 saturated carbocycles. The first-order valence-corrected chi connectivity index (χ1v) is 12.2. The van der Waals surface area contributed by atoms with Gasteiger partial charge in [-0.2, -0.15) is 0 Å². The van der Waals surface area contributed by atoms with E-state index in [1.54, 1.807) is 0 Å². The monoisotopic (exact) mass is 452 g/mol. The molecule has 2 aromatic rings. The van der Waals surface area contributed by atoms with E-state index >= 15 is 0 Å². The van der Waals surface area contributed by atoms with Gasteiger partial charge in [0.2, 0.25) is 5.91 Å². The average molecular weight is 453 g/mol. The first-order valence-electron chi connectivity index (χ1n) is 12.2. The number of hydrogen-bond donors (Lipinski definition) is 1. The van der Waals surface area contributed by atoms with Crippen molar-refractivity contribution in [1.29, 1.82) is 0 Å². The molecule has 178 valence electrons. The molecule has 33 heavy (non-hydrogen) atoms. The lowest BCUT2D eigenvalue weighted by molar-refractivity contribution is -0.144. The number of carbonyl (C=O) groups excluding carboxylic acids is 2. The maximum absolute atomic E-state index is 13.1. The second kappa shape index (κ2) is 11.1. The van der Waals surface area contributed by atoms with Crippen molar-refractivity contribution in [1.82, 2.24) is 14.7 Å². The molecular weight excluding hydrogens is 416 g/mol. The van der Waals surface area contributed by atoms with Crippen molar-refractivity contribution in [3.8, 4) is 0 Å². The molecule has 2 aliphatic heterocycles. The van der Waals surface area contributed by atoms with Gasteiger partial charge < -0.3 is 15.4 Å². The summed E-state index contributed by atoms with van der Waals surface area (Å²) in [4.78, 5) is 31.4. The van der Waals surface area contributed by atoms with E-state index in [1.165, 1.54) is 10.8 Å².